The van der Waals surface area contributed by atoms with Crippen LogP contribution in [0.5, 0.6) is 5.75 Å². The van der Waals surface area contributed by atoms with E-state index < -0.39 is 23.8 Å². The number of halogens is 3. The first-order valence-electron chi connectivity index (χ1n) is 14.6. The molecule has 0 radical (unpaired) electrons. The van der Waals surface area contributed by atoms with Crippen LogP contribution in [0.3, 0.4) is 0 Å². The van der Waals surface area contributed by atoms with Crippen LogP contribution in [0.2, 0.25) is 0 Å². The van der Waals surface area contributed by atoms with Crippen LogP contribution in [0.15, 0.2) is 42.5 Å². The number of carbonyl (C=O) groups is 2. The molecule has 1 aliphatic carbocycles. The lowest BCUT2D eigenvalue weighted by Crippen LogP contribution is -2.50. The molecule has 1 heterocycles. The van der Waals surface area contributed by atoms with Crippen molar-refractivity contribution in [1.29, 1.82) is 0 Å². The molecule has 0 aromatic heterocycles. The highest BCUT2D eigenvalue weighted by molar-refractivity contribution is 6.02. The molecule has 1 fully saturated rings. The van der Waals surface area contributed by atoms with Gasteiger partial charge in [-0.1, -0.05) is 26.2 Å². The van der Waals surface area contributed by atoms with Crippen LogP contribution in [0, 0.1) is 11.8 Å². The van der Waals surface area contributed by atoms with E-state index in [-0.39, 0.29) is 35.8 Å². The van der Waals surface area contributed by atoms with Crippen molar-refractivity contribution in [1.82, 2.24) is 9.80 Å². The summed E-state index contributed by atoms with van der Waals surface area (Å²) in [5.41, 5.74) is -0.0628. The molecule has 8 nitrogen and oxygen atoms in total. The van der Waals surface area contributed by atoms with Gasteiger partial charge in [-0.05, 0) is 75.2 Å². The largest absolute Gasteiger partial charge is 0.488 e. The van der Waals surface area contributed by atoms with Gasteiger partial charge in [-0.15, -0.1) is 0 Å². The van der Waals surface area contributed by atoms with Crippen molar-refractivity contribution in [3.8, 4) is 5.75 Å². The first-order chi connectivity index (χ1) is 19.9. The predicted octanol–water partition coefficient (Wildman–Crippen LogP) is 6.08. The van der Waals surface area contributed by atoms with Gasteiger partial charge in [0, 0.05) is 36.9 Å². The van der Waals surface area contributed by atoms with E-state index in [0.717, 1.165) is 18.7 Å². The van der Waals surface area contributed by atoms with Gasteiger partial charge in [-0.25, -0.2) is 4.79 Å². The number of alkyl halides is 3. The molecule has 0 unspecified atom stereocenters. The van der Waals surface area contributed by atoms with Crippen molar-refractivity contribution in [3.63, 3.8) is 0 Å². The Morgan fingerprint density at radius 1 is 1.07 bits per heavy atom. The molecule has 230 valence electrons. The van der Waals surface area contributed by atoms with Crippen LogP contribution in [0.1, 0.15) is 61.9 Å². The number of ether oxygens (including phenoxy) is 1. The number of rotatable bonds is 8. The highest BCUT2D eigenvalue weighted by atomic mass is 19.4. The average Bonchev–Trinajstić information content (AvgIpc) is 2.95. The number of nitrogens with zero attached hydrogens (tertiary/aromatic N) is 2. The summed E-state index contributed by atoms with van der Waals surface area (Å²) >= 11 is 0. The van der Waals surface area contributed by atoms with Gasteiger partial charge in [-0.3, -0.25) is 4.79 Å². The second-order valence-corrected chi connectivity index (χ2v) is 11.7. The van der Waals surface area contributed by atoms with Crippen molar-refractivity contribution in [2.75, 3.05) is 43.9 Å². The molecule has 0 saturated heterocycles. The summed E-state index contributed by atoms with van der Waals surface area (Å²) in [7, 11) is 2.10. The van der Waals surface area contributed by atoms with Gasteiger partial charge in [0.2, 0.25) is 0 Å². The number of anilines is 2. The van der Waals surface area contributed by atoms with Gasteiger partial charge in [0.25, 0.3) is 5.91 Å². The van der Waals surface area contributed by atoms with Gasteiger partial charge in [-0.2, -0.15) is 13.2 Å². The summed E-state index contributed by atoms with van der Waals surface area (Å²) in [5, 5.41) is 15.1. The average molecular weight is 591 g/mol. The number of aliphatic hydroxyl groups excluding tert-OH is 1. The molecule has 3 N–H and O–H groups in total. The normalized spacial score (nSPS) is 20.8. The first kappa shape index (κ1) is 31.6. The molecule has 3 atom stereocenters. The maximum atomic E-state index is 13.7. The lowest BCUT2D eigenvalue weighted by atomic mass is 9.89. The van der Waals surface area contributed by atoms with E-state index in [1.54, 1.807) is 24.0 Å². The van der Waals surface area contributed by atoms with Crippen molar-refractivity contribution < 1.29 is 32.6 Å². The molecule has 4 rings (SSSR count). The number of hydrogen-bond acceptors (Lipinski definition) is 5. The van der Waals surface area contributed by atoms with Crippen LogP contribution >= 0.6 is 0 Å². The fourth-order valence-electron chi connectivity index (χ4n) is 5.75. The maximum absolute atomic E-state index is 13.7. The third kappa shape index (κ3) is 8.16. The Morgan fingerprint density at radius 3 is 2.36 bits per heavy atom. The fraction of sp³-hybridized carbons (Fsp3) is 0.548. The second kappa shape index (κ2) is 13.8. The summed E-state index contributed by atoms with van der Waals surface area (Å²) in [6, 6.07) is 7.80. The smallest absolute Gasteiger partial charge is 0.416 e. The highest BCUT2D eigenvalue weighted by Gasteiger charge is 2.34. The molecule has 0 bridgehead atoms. The molecule has 2 aliphatic rings. The molecule has 42 heavy (non-hydrogen) atoms. The zero-order chi connectivity index (χ0) is 30.4. The SMILES string of the molecule is C[C@H](CO)N1C[C@H](C)[C@H](CN(C)CC2CCCCC2)Oc2ccc(NC(=O)Nc3ccc(C(F)(F)F)cc3)cc2C1=O. The number of nitrogens with one attached hydrogen (secondary N) is 2. The Morgan fingerprint density at radius 2 is 1.71 bits per heavy atom. The Hall–Kier alpha value is -3.31. The van der Waals surface area contributed by atoms with Gasteiger partial charge in [0.05, 0.1) is 23.8 Å². The Labute approximate surface area is 245 Å². The van der Waals surface area contributed by atoms with Gasteiger partial charge in [0.1, 0.15) is 11.9 Å². The van der Waals surface area contributed by atoms with E-state index in [2.05, 4.69) is 29.5 Å². The zero-order valence-corrected chi connectivity index (χ0v) is 24.4. The molecule has 2 aromatic rings. The van der Waals surface area contributed by atoms with Crippen molar-refractivity contribution >= 4 is 23.3 Å². The summed E-state index contributed by atoms with van der Waals surface area (Å²) in [6.45, 7) is 5.71. The lowest BCUT2D eigenvalue weighted by Gasteiger charge is -2.38. The number of amides is 3. The van der Waals surface area contributed by atoms with Crippen LogP contribution < -0.4 is 15.4 Å². The Bertz CT molecular complexity index is 1220. The summed E-state index contributed by atoms with van der Waals surface area (Å²) < 4.78 is 45.0. The van der Waals surface area contributed by atoms with E-state index in [1.807, 2.05) is 0 Å². The molecule has 1 saturated carbocycles. The summed E-state index contributed by atoms with van der Waals surface area (Å²) in [4.78, 5) is 30.3. The number of aliphatic hydroxyl groups is 1. The number of fused-ring (bicyclic) bond motifs is 1. The fourth-order valence-corrected chi connectivity index (χ4v) is 5.75. The standard InChI is InChI=1S/C31H41F3N4O4/c1-20-16-38(21(2)19-39)29(40)26-15-25(36-30(41)35-24-11-9-23(10-12-24)31(32,33)34)13-14-27(26)42-28(20)18-37(3)17-22-7-5-4-6-8-22/h9-15,20-22,28,39H,4-8,16-19H2,1-3H3,(H2,35,36,41)/t20-,21+,28-/m0/s1. The highest BCUT2D eigenvalue weighted by Crippen LogP contribution is 2.32. The van der Waals surface area contributed by atoms with Crippen LogP contribution in [0.25, 0.3) is 0 Å². The number of benzene rings is 2. The maximum Gasteiger partial charge on any atom is 0.416 e. The van der Waals surface area contributed by atoms with E-state index >= 15 is 0 Å². The Balaban J connectivity index is 1.51. The molecule has 1 aliphatic heterocycles. The predicted molar refractivity (Wildman–Crippen MR) is 156 cm³/mol. The molecule has 2 aromatic carbocycles. The second-order valence-electron chi connectivity index (χ2n) is 11.7. The third-order valence-electron chi connectivity index (χ3n) is 8.18. The van der Waals surface area contributed by atoms with Crippen LogP contribution in [-0.2, 0) is 6.18 Å². The van der Waals surface area contributed by atoms with E-state index in [1.165, 1.54) is 50.3 Å². The van der Waals surface area contributed by atoms with Crippen molar-refractivity contribution in [2.24, 2.45) is 11.8 Å². The number of hydrogen-bond donors (Lipinski definition) is 3. The van der Waals surface area contributed by atoms with Gasteiger partial charge >= 0.3 is 12.2 Å². The van der Waals surface area contributed by atoms with Gasteiger partial charge in [0.15, 0.2) is 0 Å². The van der Waals surface area contributed by atoms with E-state index in [4.69, 9.17) is 4.74 Å². The van der Waals surface area contributed by atoms with Crippen LogP contribution in [0.4, 0.5) is 29.3 Å². The number of urea groups is 1. The zero-order valence-electron chi connectivity index (χ0n) is 24.4. The third-order valence-corrected chi connectivity index (χ3v) is 8.18. The molecular weight excluding hydrogens is 549 g/mol. The minimum Gasteiger partial charge on any atom is -0.488 e. The minimum atomic E-state index is -4.47. The Kier molecular flexibility index (Phi) is 10.4. The molecule has 3 amide bonds. The lowest BCUT2D eigenvalue weighted by molar-refractivity contribution is -0.137. The quantitative estimate of drug-likeness (QED) is 0.347. The summed E-state index contributed by atoms with van der Waals surface area (Å²) in [6.07, 6.45) is 1.66. The molecule has 11 heteroatoms. The van der Waals surface area contributed by atoms with E-state index in [0.29, 0.717) is 30.4 Å². The first-order valence-corrected chi connectivity index (χ1v) is 14.6. The van der Waals surface area contributed by atoms with Crippen molar-refractivity contribution in [3.05, 3.63) is 53.6 Å². The minimum absolute atomic E-state index is 0.00257. The van der Waals surface area contributed by atoms with E-state index in [9.17, 15) is 27.9 Å². The topological polar surface area (TPSA) is 94.1 Å². The monoisotopic (exact) mass is 590 g/mol. The van der Waals surface area contributed by atoms with Crippen LogP contribution in [-0.4, -0.2) is 72.3 Å². The molecular formula is C31H41F3N4O4. The molecule has 0 spiro atoms. The number of likely N-dealkylation sites (N-methyl/N-ethyl adjacent to an activating group) is 1. The van der Waals surface area contributed by atoms with Crippen molar-refractivity contribution in [2.45, 2.75) is 64.3 Å². The van der Waals surface area contributed by atoms with Gasteiger partial charge < -0.3 is 30.3 Å². The number of carbonyl (C=O) groups excluding carboxylic acids is 2. The summed E-state index contributed by atoms with van der Waals surface area (Å²) in [5.74, 6) is 0.748.